The minimum absolute atomic E-state index is 0.522. The van der Waals surface area contributed by atoms with Crippen LogP contribution in [0, 0.1) is 6.92 Å². The van der Waals surface area contributed by atoms with Gasteiger partial charge in [0, 0.05) is 26.3 Å². The Balaban J connectivity index is 2.13. The van der Waals surface area contributed by atoms with Crippen molar-refractivity contribution in [2.75, 3.05) is 7.11 Å². The molecule has 1 aromatic carbocycles. The summed E-state index contributed by atoms with van der Waals surface area (Å²) in [7, 11) is 3.57. The molecule has 0 amide bonds. The highest BCUT2D eigenvalue weighted by Gasteiger charge is 2.12. The number of hydrogen-bond donors (Lipinski definition) is 1. The van der Waals surface area contributed by atoms with Gasteiger partial charge < -0.3 is 9.84 Å². The fraction of sp³-hybridized carbons (Fsp3) is 0.400. The molecule has 0 spiro atoms. The fourth-order valence-electron chi connectivity index (χ4n) is 2.23. The lowest BCUT2D eigenvalue weighted by Gasteiger charge is -2.12. The van der Waals surface area contributed by atoms with Gasteiger partial charge in [-0.15, -0.1) is 0 Å². The van der Waals surface area contributed by atoms with Gasteiger partial charge in [0.2, 0.25) is 0 Å². The Morgan fingerprint density at radius 3 is 2.79 bits per heavy atom. The Labute approximate surface area is 113 Å². The van der Waals surface area contributed by atoms with E-state index in [1.165, 1.54) is 0 Å². The normalized spacial score (nSPS) is 12.6. The highest BCUT2D eigenvalue weighted by atomic mass is 16.5. The number of aryl methyl sites for hydroxylation is 2. The lowest BCUT2D eigenvalue weighted by molar-refractivity contribution is 0.173. The van der Waals surface area contributed by atoms with Crippen LogP contribution < -0.4 is 0 Å². The van der Waals surface area contributed by atoms with Crippen LogP contribution in [0.25, 0.3) is 0 Å². The molecular formula is C15H20N2O2. The average molecular weight is 260 g/mol. The molecule has 1 unspecified atom stereocenters. The molecule has 0 fully saturated rings. The van der Waals surface area contributed by atoms with Crippen molar-refractivity contribution in [3.63, 3.8) is 0 Å². The molecule has 4 heteroatoms. The van der Waals surface area contributed by atoms with Gasteiger partial charge in [-0.3, -0.25) is 4.68 Å². The van der Waals surface area contributed by atoms with Gasteiger partial charge in [0.05, 0.1) is 18.4 Å². The van der Waals surface area contributed by atoms with E-state index in [0.29, 0.717) is 13.0 Å². The molecule has 0 saturated carbocycles. The van der Waals surface area contributed by atoms with Crippen molar-refractivity contribution in [3.05, 3.63) is 52.8 Å². The molecule has 0 aliphatic heterocycles. The maximum Gasteiger partial charge on any atom is 0.0845 e. The summed E-state index contributed by atoms with van der Waals surface area (Å²) in [4.78, 5) is 0. The first-order valence-corrected chi connectivity index (χ1v) is 6.35. The van der Waals surface area contributed by atoms with Crippen molar-refractivity contribution in [3.8, 4) is 0 Å². The van der Waals surface area contributed by atoms with E-state index < -0.39 is 6.10 Å². The molecule has 0 bridgehead atoms. The number of ether oxygens (including phenoxy) is 1. The van der Waals surface area contributed by atoms with E-state index in [1.807, 2.05) is 49.0 Å². The van der Waals surface area contributed by atoms with Crippen LogP contribution in [0.3, 0.4) is 0 Å². The molecule has 0 aliphatic rings. The van der Waals surface area contributed by atoms with E-state index in [0.717, 1.165) is 22.5 Å². The van der Waals surface area contributed by atoms with Gasteiger partial charge in [-0.1, -0.05) is 24.3 Å². The molecule has 1 heterocycles. The molecule has 2 rings (SSSR count). The van der Waals surface area contributed by atoms with Gasteiger partial charge in [-0.05, 0) is 24.1 Å². The van der Waals surface area contributed by atoms with Crippen LogP contribution in [0.5, 0.6) is 0 Å². The third kappa shape index (κ3) is 3.43. The summed E-state index contributed by atoms with van der Waals surface area (Å²) in [5.74, 6) is 0. The fourth-order valence-corrected chi connectivity index (χ4v) is 2.23. The Hall–Kier alpha value is -1.65. The molecule has 1 aromatic heterocycles. The summed E-state index contributed by atoms with van der Waals surface area (Å²) in [6.45, 7) is 2.51. The largest absolute Gasteiger partial charge is 0.388 e. The Morgan fingerprint density at radius 2 is 2.16 bits per heavy atom. The number of benzene rings is 1. The zero-order valence-electron chi connectivity index (χ0n) is 11.6. The quantitative estimate of drug-likeness (QED) is 0.896. The minimum atomic E-state index is -0.522. The number of nitrogens with zero attached hydrogens (tertiary/aromatic N) is 2. The first kappa shape index (κ1) is 13.8. The van der Waals surface area contributed by atoms with Crippen LogP contribution >= 0.6 is 0 Å². The van der Waals surface area contributed by atoms with Crippen LogP contribution in [0.4, 0.5) is 0 Å². The van der Waals surface area contributed by atoms with Crippen molar-refractivity contribution in [2.45, 2.75) is 26.1 Å². The summed E-state index contributed by atoms with van der Waals surface area (Å²) >= 11 is 0. The van der Waals surface area contributed by atoms with E-state index in [-0.39, 0.29) is 0 Å². The van der Waals surface area contributed by atoms with Crippen LogP contribution in [0.1, 0.15) is 28.6 Å². The monoisotopic (exact) mass is 260 g/mol. The lowest BCUT2D eigenvalue weighted by atomic mass is 10.0. The van der Waals surface area contributed by atoms with Gasteiger partial charge in [0.15, 0.2) is 0 Å². The molecule has 102 valence electrons. The summed E-state index contributed by atoms with van der Waals surface area (Å²) in [5, 5.41) is 14.6. The van der Waals surface area contributed by atoms with Crippen LogP contribution in [-0.4, -0.2) is 22.0 Å². The first-order chi connectivity index (χ1) is 9.10. The highest BCUT2D eigenvalue weighted by Crippen LogP contribution is 2.20. The van der Waals surface area contributed by atoms with E-state index in [9.17, 15) is 5.11 Å². The maximum absolute atomic E-state index is 10.3. The zero-order chi connectivity index (χ0) is 13.8. The summed E-state index contributed by atoms with van der Waals surface area (Å²) in [6, 6.07) is 9.86. The zero-order valence-corrected chi connectivity index (χ0v) is 11.6. The van der Waals surface area contributed by atoms with Gasteiger partial charge in [-0.2, -0.15) is 5.10 Å². The van der Waals surface area contributed by atoms with Crippen molar-refractivity contribution < 1.29 is 9.84 Å². The molecular weight excluding hydrogens is 240 g/mol. The molecule has 2 aromatic rings. The van der Waals surface area contributed by atoms with E-state index in [4.69, 9.17) is 4.74 Å². The maximum atomic E-state index is 10.3. The number of methoxy groups -OCH3 is 1. The lowest BCUT2D eigenvalue weighted by Crippen LogP contribution is -2.07. The molecule has 0 aliphatic carbocycles. The second-order valence-corrected chi connectivity index (χ2v) is 4.80. The standard InChI is InChI=1S/C15H20N2O2/c1-11-7-14(17(2)16-11)9-15(18)13-6-4-5-12(8-13)10-19-3/h4-8,15,18H,9-10H2,1-3H3. The number of rotatable bonds is 5. The van der Waals surface area contributed by atoms with Crippen molar-refractivity contribution in [1.82, 2.24) is 9.78 Å². The number of aliphatic hydroxyl groups excluding tert-OH is 1. The molecule has 0 saturated heterocycles. The smallest absolute Gasteiger partial charge is 0.0845 e. The highest BCUT2D eigenvalue weighted by molar-refractivity contribution is 5.26. The number of aliphatic hydroxyl groups is 1. The third-order valence-corrected chi connectivity index (χ3v) is 3.15. The number of hydrogen-bond acceptors (Lipinski definition) is 3. The molecule has 4 nitrogen and oxygen atoms in total. The second kappa shape index (κ2) is 5.99. The minimum Gasteiger partial charge on any atom is -0.388 e. The SMILES string of the molecule is COCc1cccc(C(O)Cc2cc(C)nn2C)c1. The second-order valence-electron chi connectivity index (χ2n) is 4.80. The molecule has 19 heavy (non-hydrogen) atoms. The molecule has 1 atom stereocenters. The molecule has 1 N–H and O–H groups in total. The van der Waals surface area contributed by atoms with Crippen molar-refractivity contribution in [1.29, 1.82) is 0 Å². The van der Waals surface area contributed by atoms with Crippen molar-refractivity contribution in [2.24, 2.45) is 7.05 Å². The van der Waals surface area contributed by atoms with E-state index in [2.05, 4.69) is 5.10 Å². The van der Waals surface area contributed by atoms with Crippen molar-refractivity contribution >= 4 is 0 Å². The Morgan fingerprint density at radius 1 is 1.37 bits per heavy atom. The van der Waals surface area contributed by atoms with Crippen LogP contribution in [-0.2, 0) is 24.8 Å². The summed E-state index contributed by atoms with van der Waals surface area (Å²) in [6.07, 6.45) is 0.0416. The van der Waals surface area contributed by atoms with E-state index >= 15 is 0 Å². The van der Waals surface area contributed by atoms with Gasteiger partial charge >= 0.3 is 0 Å². The van der Waals surface area contributed by atoms with E-state index in [1.54, 1.807) is 7.11 Å². The van der Waals surface area contributed by atoms with Crippen LogP contribution in [0.15, 0.2) is 30.3 Å². The van der Waals surface area contributed by atoms with Crippen LogP contribution in [0.2, 0.25) is 0 Å². The number of aromatic nitrogens is 2. The predicted octanol–water partition coefficient (Wildman–Crippen LogP) is 2.15. The molecule has 0 radical (unpaired) electrons. The first-order valence-electron chi connectivity index (χ1n) is 6.35. The van der Waals surface area contributed by atoms with Gasteiger partial charge in [-0.25, -0.2) is 0 Å². The summed E-state index contributed by atoms with van der Waals surface area (Å²) < 4.78 is 6.92. The van der Waals surface area contributed by atoms with Gasteiger partial charge in [0.1, 0.15) is 0 Å². The predicted molar refractivity (Wildman–Crippen MR) is 73.8 cm³/mol. The average Bonchev–Trinajstić information content (AvgIpc) is 2.68. The third-order valence-electron chi connectivity index (χ3n) is 3.15. The Bertz CT molecular complexity index is 549. The Kier molecular flexibility index (Phi) is 4.35. The topological polar surface area (TPSA) is 47.3 Å². The summed E-state index contributed by atoms with van der Waals surface area (Å²) in [5.41, 5.74) is 3.98. The van der Waals surface area contributed by atoms with Gasteiger partial charge in [0.25, 0.3) is 0 Å².